The number of nitrogens with one attached hydrogen (secondary N) is 2. The van der Waals surface area contributed by atoms with Crippen LogP contribution in [0.5, 0.6) is 0 Å². The molecule has 2 N–H and O–H groups in total. The fraction of sp³-hybridized carbons (Fsp3) is 0.120. The number of anilines is 1. The number of nitrogens with zero attached hydrogens (tertiary/aromatic N) is 2. The summed E-state index contributed by atoms with van der Waals surface area (Å²) in [7, 11) is 0. The second-order valence-electron chi connectivity index (χ2n) is 7.70. The molecule has 4 aromatic rings. The third kappa shape index (κ3) is 6.46. The zero-order valence-electron chi connectivity index (χ0n) is 18.4. The number of aromatic nitrogens is 2. The van der Waals surface area contributed by atoms with Crippen LogP contribution < -0.4 is 10.6 Å². The molecule has 0 aliphatic carbocycles. The first-order valence-electron chi connectivity index (χ1n) is 10.6. The fourth-order valence-electron chi connectivity index (χ4n) is 3.31. The number of hydrogen-bond acceptors (Lipinski definition) is 5. The molecule has 0 saturated heterocycles. The van der Waals surface area contributed by atoms with Crippen molar-refractivity contribution in [1.82, 2.24) is 15.5 Å². The van der Waals surface area contributed by atoms with Crippen molar-refractivity contribution in [2.24, 2.45) is 0 Å². The van der Waals surface area contributed by atoms with E-state index >= 15 is 0 Å². The first-order chi connectivity index (χ1) is 17.2. The van der Waals surface area contributed by atoms with Gasteiger partial charge in [-0.25, -0.2) is 0 Å². The van der Waals surface area contributed by atoms with Gasteiger partial charge in [0.15, 0.2) is 0 Å². The second kappa shape index (κ2) is 10.9. The number of halogens is 4. The summed E-state index contributed by atoms with van der Waals surface area (Å²) in [5.74, 6) is -1.39. The molecule has 1 heterocycles. The van der Waals surface area contributed by atoms with Gasteiger partial charge in [-0.15, -0.1) is 10.2 Å². The third-order valence-electron chi connectivity index (χ3n) is 5.10. The quantitative estimate of drug-likeness (QED) is 0.313. The highest BCUT2D eigenvalue weighted by Crippen LogP contribution is 2.30. The van der Waals surface area contributed by atoms with E-state index in [1.165, 1.54) is 6.07 Å². The topological polar surface area (TPSA) is 84.0 Å². The highest BCUT2D eigenvalue weighted by atomic mass is 35.5. The lowest BCUT2D eigenvalue weighted by molar-refractivity contribution is -0.137. The minimum atomic E-state index is -4.60. The molecule has 0 aliphatic heterocycles. The first kappa shape index (κ1) is 25.3. The number of carbonyl (C=O) groups excluding carboxylic acids is 2. The highest BCUT2D eigenvalue weighted by Gasteiger charge is 2.31. The van der Waals surface area contributed by atoms with Crippen LogP contribution in [0.1, 0.15) is 21.5 Å². The Morgan fingerprint density at radius 1 is 0.944 bits per heavy atom. The molecule has 0 aliphatic rings. The van der Waals surface area contributed by atoms with Crippen molar-refractivity contribution < 1.29 is 22.8 Å². The number of rotatable bonds is 7. The molecule has 0 spiro atoms. The summed E-state index contributed by atoms with van der Waals surface area (Å²) >= 11 is 7.04. The Balaban J connectivity index is 1.53. The molecule has 1 aromatic heterocycles. The molecule has 0 fully saturated rings. The Kier molecular flexibility index (Phi) is 7.66. The average molecular weight is 531 g/mol. The maximum absolute atomic E-state index is 13.1. The summed E-state index contributed by atoms with van der Waals surface area (Å²) in [5, 5.41) is 14.6. The molecule has 3 aromatic carbocycles. The largest absolute Gasteiger partial charge is 0.416 e. The van der Waals surface area contributed by atoms with E-state index < -0.39 is 29.6 Å². The van der Waals surface area contributed by atoms with Crippen LogP contribution in [0.4, 0.5) is 18.3 Å². The van der Waals surface area contributed by atoms with E-state index in [2.05, 4.69) is 20.8 Å². The zero-order chi connectivity index (χ0) is 25.7. The van der Waals surface area contributed by atoms with Crippen LogP contribution in [0.3, 0.4) is 0 Å². The van der Waals surface area contributed by atoms with Crippen LogP contribution in [0, 0.1) is 0 Å². The van der Waals surface area contributed by atoms with Crippen molar-refractivity contribution in [2.45, 2.75) is 18.6 Å². The van der Waals surface area contributed by atoms with Crippen molar-refractivity contribution >= 4 is 39.9 Å². The summed E-state index contributed by atoms with van der Waals surface area (Å²) in [6.45, 7) is 0. The maximum atomic E-state index is 13.1. The lowest BCUT2D eigenvalue weighted by atomic mass is 10.0. The van der Waals surface area contributed by atoms with Crippen LogP contribution in [0.2, 0.25) is 5.02 Å². The van der Waals surface area contributed by atoms with Crippen LogP contribution in [-0.4, -0.2) is 28.1 Å². The molecule has 0 saturated carbocycles. The van der Waals surface area contributed by atoms with Gasteiger partial charge in [0, 0.05) is 22.6 Å². The fourth-order valence-corrected chi connectivity index (χ4v) is 4.19. The van der Waals surface area contributed by atoms with E-state index in [0.717, 1.165) is 40.7 Å². The van der Waals surface area contributed by atoms with Gasteiger partial charge in [-0.3, -0.25) is 14.9 Å². The van der Waals surface area contributed by atoms with Crippen molar-refractivity contribution in [2.75, 3.05) is 5.32 Å². The SMILES string of the molecule is O=C(N[C@@H](Cc1ccccc1)C(=O)Nc1nnc(-c2ccc(Cl)cc2)s1)c1cccc(C(F)(F)F)c1. The van der Waals surface area contributed by atoms with E-state index in [9.17, 15) is 22.8 Å². The Morgan fingerprint density at radius 3 is 2.36 bits per heavy atom. The van der Waals surface area contributed by atoms with E-state index in [1.54, 1.807) is 54.6 Å². The van der Waals surface area contributed by atoms with Gasteiger partial charge in [0.25, 0.3) is 5.91 Å². The predicted octanol–water partition coefficient (Wildman–Crippen LogP) is 5.86. The summed E-state index contributed by atoms with van der Waals surface area (Å²) in [6.07, 6.45) is -4.49. The summed E-state index contributed by atoms with van der Waals surface area (Å²) < 4.78 is 39.2. The second-order valence-corrected chi connectivity index (χ2v) is 9.12. The minimum absolute atomic E-state index is 0.111. The highest BCUT2D eigenvalue weighted by molar-refractivity contribution is 7.18. The van der Waals surface area contributed by atoms with E-state index in [4.69, 9.17) is 11.6 Å². The number of hydrogen-bond donors (Lipinski definition) is 2. The monoisotopic (exact) mass is 530 g/mol. The van der Waals surface area contributed by atoms with Gasteiger partial charge in [-0.2, -0.15) is 13.2 Å². The summed E-state index contributed by atoms with van der Waals surface area (Å²) in [4.78, 5) is 25.9. The Hall–Kier alpha value is -3.76. The first-order valence-corrected chi connectivity index (χ1v) is 11.8. The van der Waals surface area contributed by atoms with Gasteiger partial charge >= 0.3 is 6.18 Å². The Labute approximate surface area is 213 Å². The van der Waals surface area contributed by atoms with Crippen molar-refractivity contribution in [3.63, 3.8) is 0 Å². The van der Waals surface area contributed by atoms with Gasteiger partial charge in [-0.05, 0) is 35.9 Å². The molecule has 0 radical (unpaired) electrons. The molecule has 184 valence electrons. The van der Waals surface area contributed by atoms with Crippen molar-refractivity contribution in [1.29, 1.82) is 0 Å². The molecule has 0 unspecified atom stereocenters. The molecule has 36 heavy (non-hydrogen) atoms. The number of amides is 2. The third-order valence-corrected chi connectivity index (χ3v) is 6.24. The molecule has 11 heteroatoms. The Bertz CT molecular complexity index is 1360. The summed E-state index contributed by atoms with van der Waals surface area (Å²) in [5.41, 5.74) is 0.344. The lowest BCUT2D eigenvalue weighted by Crippen LogP contribution is -2.45. The van der Waals surface area contributed by atoms with Crippen LogP contribution in [-0.2, 0) is 17.4 Å². The van der Waals surface area contributed by atoms with Crippen LogP contribution >= 0.6 is 22.9 Å². The standard InChI is InChI=1S/C25H18ClF3N4O2S/c26-19-11-9-16(10-12-19)23-32-33-24(36-23)31-22(35)20(13-15-5-2-1-3-6-15)30-21(34)17-7-4-8-18(14-17)25(27,28)29/h1-12,14,20H,13H2,(H,30,34)(H,31,33,35)/t20-/m0/s1. The van der Waals surface area contributed by atoms with Gasteiger partial charge in [0.05, 0.1) is 5.56 Å². The van der Waals surface area contributed by atoms with Crippen LogP contribution in [0.15, 0.2) is 78.9 Å². The predicted molar refractivity (Wildman–Crippen MR) is 132 cm³/mol. The smallest absolute Gasteiger partial charge is 0.340 e. The molecule has 2 amide bonds. The average Bonchev–Trinajstić information content (AvgIpc) is 3.32. The Morgan fingerprint density at radius 2 is 1.67 bits per heavy atom. The summed E-state index contributed by atoms with van der Waals surface area (Å²) in [6, 6.07) is 18.8. The van der Waals surface area contributed by atoms with Gasteiger partial charge in [0.2, 0.25) is 11.0 Å². The minimum Gasteiger partial charge on any atom is -0.340 e. The number of carbonyl (C=O) groups is 2. The lowest BCUT2D eigenvalue weighted by Gasteiger charge is -2.18. The molecule has 6 nitrogen and oxygen atoms in total. The normalized spacial score (nSPS) is 12.1. The van der Waals surface area contributed by atoms with Gasteiger partial charge < -0.3 is 5.32 Å². The van der Waals surface area contributed by atoms with E-state index in [-0.39, 0.29) is 17.1 Å². The molecular formula is C25H18ClF3N4O2S. The van der Waals surface area contributed by atoms with Gasteiger partial charge in [-0.1, -0.05) is 71.5 Å². The zero-order valence-corrected chi connectivity index (χ0v) is 20.0. The van der Waals surface area contributed by atoms with Crippen molar-refractivity contribution in [3.05, 3.63) is 101 Å². The van der Waals surface area contributed by atoms with Gasteiger partial charge in [0.1, 0.15) is 11.0 Å². The van der Waals surface area contributed by atoms with Crippen molar-refractivity contribution in [3.8, 4) is 10.6 Å². The molecular weight excluding hydrogens is 513 g/mol. The van der Waals surface area contributed by atoms with E-state index in [1.807, 2.05) is 0 Å². The number of alkyl halides is 3. The maximum Gasteiger partial charge on any atom is 0.416 e. The van der Waals surface area contributed by atoms with Crippen LogP contribution in [0.25, 0.3) is 10.6 Å². The molecule has 4 rings (SSSR count). The number of benzene rings is 3. The molecule has 0 bridgehead atoms. The molecule has 1 atom stereocenters. The van der Waals surface area contributed by atoms with E-state index in [0.29, 0.717) is 10.0 Å².